The highest BCUT2D eigenvalue weighted by Gasteiger charge is 2.53. The summed E-state index contributed by atoms with van der Waals surface area (Å²) in [7, 11) is -3.34. The second-order valence-corrected chi connectivity index (χ2v) is 5.50. The fourth-order valence-corrected chi connectivity index (χ4v) is 3.89. The zero-order chi connectivity index (χ0) is 9.64. The van der Waals surface area contributed by atoms with Gasteiger partial charge in [-0.1, -0.05) is 6.92 Å². The normalized spacial score (nSPS) is 47.8. The molecule has 0 bridgehead atoms. The highest BCUT2D eigenvalue weighted by atomic mass is 32.2. The van der Waals surface area contributed by atoms with Crippen molar-refractivity contribution in [3.05, 3.63) is 0 Å². The average Bonchev–Trinajstić information content (AvgIpc) is 2.51. The van der Waals surface area contributed by atoms with E-state index in [4.69, 9.17) is 8.92 Å². The summed E-state index contributed by atoms with van der Waals surface area (Å²) in [6, 6.07) is 0. The van der Waals surface area contributed by atoms with Crippen LogP contribution in [0.25, 0.3) is 0 Å². The Hall–Kier alpha value is -0.130. The molecule has 2 aliphatic rings. The van der Waals surface area contributed by atoms with Crippen LogP contribution in [-0.2, 0) is 19.0 Å². The molecule has 2 heterocycles. The van der Waals surface area contributed by atoms with Crippen LogP contribution in [-0.4, -0.2) is 32.0 Å². The van der Waals surface area contributed by atoms with Crippen molar-refractivity contribution in [2.75, 3.05) is 0 Å². The van der Waals surface area contributed by atoms with Crippen molar-refractivity contribution in [2.45, 2.75) is 50.3 Å². The molecule has 0 saturated carbocycles. The quantitative estimate of drug-likeness (QED) is 0.592. The molecule has 4 nitrogen and oxygen atoms in total. The van der Waals surface area contributed by atoms with Crippen LogP contribution in [0.4, 0.5) is 0 Å². The predicted octanol–water partition coefficient (Wildman–Crippen LogP) is 0.671. The fraction of sp³-hybridized carbons (Fsp3) is 1.00. The molecule has 0 N–H and O–H groups in total. The maximum Gasteiger partial charge on any atom is 0.273 e. The summed E-state index contributed by atoms with van der Waals surface area (Å²) in [6.45, 7) is 3.81. The third-order valence-corrected chi connectivity index (χ3v) is 4.44. The number of fused-ring (bicyclic) bond motifs is 1. The minimum Gasteiger partial charge on any atom is -0.371 e. The highest BCUT2D eigenvalue weighted by molar-refractivity contribution is 7.87. The van der Waals surface area contributed by atoms with Gasteiger partial charge in [0.15, 0.2) is 0 Å². The van der Waals surface area contributed by atoms with Gasteiger partial charge in [-0.05, 0) is 19.8 Å². The summed E-state index contributed by atoms with van der Waals surface area (Å²) in [4.78, 5) is 0. The highest BCUT2D eigenvalue weighted by Crippen LogP contribution is 2.37. The van der Waals surface area contributed by atoms with E-state index in [-0.39, 0.29) is 18.3 Å². The molecular weight excluding hydrogens is 192 g/mol. The average molecular weight is 206 g/mol. The first-order valence-electron chi connectivity index (χ1n) is 4.62. The Bertz CT molecular complexity index is 297. The topological polar surface area (TPSA) is 52.6 Å². The van der Waals surface area contributed by atoms with Crippen molar-refractivity contribution in [1.82, 2.24) is 0 Å². The van der Waals surface area contributed by atoms with E-state index in [1.54, 1.807) is 0 Å². The lowest BCUT2D eigenvalue weighted by Crippen LogP contribution is -2.27. The fourth-order valence-electron chi connectivity index (χ4n) is 2.08. The van der Waals surface area contributed by atoms with Gasteiger partial charge in [-0.15, -0.1) is 0 Å². The standard InChI is InChI=1S/C8H14O4S/c1-3-6-8-7(4-5(2)11-8)13(9,10)12-6/h5-8H,3-4H2,1-2H3. The molecule has 0 aromatic rings. The van der Waals surface area contributed by atoms with Gasteiger partial charge < -0.3 is 4.74 Å². The van der Waals surface area contributed by atoms with Gasteiger partial charge in [0.25, 0.3) is 10.1 Å². The minimum absolute atomic E-state index is 0.0442. The third kappa shape index (κ3) is 1.39. The third-order valence-electron chi connectivity index (χ3n) is 2.72. The monoisotopic (exact) mass is 206 g/mol. The maximum atomic E-state index is 11.5. The molecule has 0 aliphatic carbocycles. The number of hydrogen-bond acceptors (Lipinski definition) is 4. The van der Waals surface area contributed by atoms with E-state index < -0.39 is 15.4 Å². The summed E-state index contributed by atoms with van der Waals surface area (Å²) in [5.74, 6) is 0. The summed E-state index contributed by atoms with van der Waals surface area (Å²) < 4.78 is 33.4. The molecule has 76 valence electrons. The Morgan fingerprint density at radius 3 is 2.77 bits per heavy atom. The van der Waals surface area contributed by atoms with Crippen LogP contribution in [0.3, 0.4) is 0 Å². The molecule has 13 heavy (non-hydrogen) atoms. The molecule has 2 fully saturated rings. The second kappa shape index (κ2) is 2.93. The molecule has 4 unspecified atom stereocenters. The Balaban J connectivity index is 2.27. The Morgan fingerprint density at radius 2 is 2.15 bits per heavy atom. The van der Waals surface area contributed by atoms with E-state index in [1.165, 1.54) is 0 Å². The van der Waals surface area contributed by atoms with Crippen LogP contribution in [0, 0.1) is 0 Å². The van der Waals surface area contributed by atoms with E-state index in [1.807, 2.05) is 13.8 Å². The Morgan fingerprint density at radius 1 is 1.46 bits per heavy atom. The molecule has 2 saturated heterocycles. The summed E-state index contributed by atoms with van der Waals surface area (Å²) in [5, 5.41) is -0.424. The lowest BCUT2D eigenvalue weighted by molar-refractivity contribution is -0.000153. The van der Waals surface area contributed by atoms with Crippen LogP contribution >= 0.6 is 0 Å². The van der Waals surface area contributed by atoms with E-state index >= 15 is 0 Å². The lowest BCUT2D eigenvalue weighted by Gasteiger charge is -2.13. The summed E-state index contributed by atoms with van der Waals surface area (Å²) >= 11 is 0. The molecule has 0 radical (unpaired) electrons. The van der Waals surface area contributed by atoms with Crippen molar-refractivity contribution in [3.8, 4) is 0 Å². The van der Waals surface area contributed by atoms with Crippen LogP contribution in [0.2, 0.25) is 0 Å². The Kier molecular flexibility index (Phi) is 2.13. The van der Waals surface area contributed by atoms with Gasteiger partial charge in [0.1, 0.15) is 17.5 Å². The Labute approximate surface area is 78.3 Å². The molecule has 0 aromatic heterocycles. The lowest BCUT2D eigenvalue weighted by atomic mass is 10.1. The maximum absolute atomic E-state index is 11.5. The molecule has 0 aromatic carbocycles. The zero-order valence-corrected chi connectivity index (χ0v) is 8.58. The minimum atomic E-state index is -3.34. The van der Waals surface area contributed by atoms with Gasteiger partial charge in [-0.25, -0.2) is 0 Å². The SMILES string of the molecule is CCC1OS(=O)(=O)C2CC(C)OC12. The van der Waals surface area contributed by atoms with Crippen LogP contribution < -0.4 is 0 Å². The van der Waals surface area contributed by atoms with Gasteiger partial charge in [0.05, 0.1) is 6.10 Å². The van der Waals surface area contributed by atoms with Crippen molar-refractivity contribution in [2.24, 2.45) is 0 Å². The first kappa shape index (κ1) is 9.43. The van der Waals surface area contributed by atoms with Gasteiger partial charge in [-0.3, -0.25) is 4.18 Å². The first-order chi connectivity index (χ1) is 6.04. The molecular formula is C8H14O4S. The van der Waals surface area contributed by atoms with Crippen LogP contribution in [0.5, 0.6) is 0 Å². The smallest absolute Gasteiger partial charge is 0.273 e. The van der Waals surface area contributed by atoms with E-state index in [0.717, 1.165) is 0 Å². The largest absolute Gasteiger partial charge is 0.371 e. The number of hydrogen-bond donors (Lipinski definition) is 0. The second-order valence-electron chi connectivity index (χ2n) is 3.72. The van der Waals surface area contributed by atoms with Gasteiger partial charge in [0.2, 0.25) is 0 Å². The van der Waals surface area contributed by atoms with E-state index in [9.17, 15) is 8.42 Å². The van der Waals surface area contributed by atoms with Crippen LogP contribution in [0.1, 0.15) is 26.7 Å². The van der Waals surface area contributed by atoms with E-state index in [0.29, 0.717) is 12.8 Å². The van der Waals surface area contributed by atoms with Crippen molar-refractivity contribution < 1.29 is 17.3 Å². The summed E-state index contributed by atoms with van der Waals surface area (Å²) in [6.07, 6.45) is 0.809. The molecule has 5 heteroatoms. The molecule has 0 spiro atoms. The molecule has 4 atom stereocenters. The molecule has 0 amide bonds. The van der Waals surface area contributed by atoms with E-state index in [2.05, 4.69) is 0 Å². The zero-order valence-electron chi connectivity index (χ0n) is 7.76. The van der Waals surface area contributed by atoms with Gasteiger partial charge in [-0.2, -0.15) is 8.42 Å². The molecule has 2 rings (SSSR count). The van der Waals surface area contributed by atoms with Gasteiger partial charge in [0, 0.05) is 0 Å². The van der Waals surface area contributed by atoms with Gasteiger partial charge >= 0.3 is 0 Å². The number of ether oxygens (including phenoxy) is 1. The first-order valence-corrected chi connectivity index (χ1v) is 6.09. The summed E-state index contributed by atoms with van der Waals surface area (Å²) in [5.41, 5.74) is 0. The van der Waals surface area contributed by atoms with Crippen LogP contribution in [0.15, 0.2) is 0 Å². The van der Waals surface area contributed by atoms with Crippen molar-refractivity contribution >= 4 is 10.1 Å². The molecule has 2 aliphatic heterocycles. The number of rotatable bonds is 1. The van der Waals surface area contributed by atoms with Crippen molar-refractivity contribution in [1.29, 1.82) is 0 Å². The van der Waals surface area contributed by atoms with Crippen molar-refractivity contribution in [3.63, 3.8) is 0 Å². The predicted molar refractivity (Wildman–Crippen MR) is 46.8 cm³/mol.